The van der Waals surface area contributed by atoms with Crippen LogP contribution >= 0.6 is 0 Å². The minimum absolute atomic E-state index is 0.0832. The normalized spacial score (nSPS) is 41.9. The van der Waals surface area contributed by atoms with E-state index >= 15 is 0 Å². The fraction of sp³-hybridized carbons (Fsp3) is 0.800. The summed E-state index contributed by atoms with van der Waals surface area (Å²) < 4.78 is 4.66. The predicted molar refractivity (Wildman–Crippen MR) is 46.0 cm³/mol. The molecule has 0 unspecified atom stereocenters. The summed E-state index contributed by atoms with van der Waals surface area (Å²) in [7, 11) is 1.43. The van der Waals surface area contributed by atoms with Gasteiger partial charge in [-0.05, 0) is 31.1 Å². The Hall–Kier alpha value is -0.860. The lowest BCUT2D eigenvalue weighted by Crippen LogP contribution is -2.50. The monoisotopic (exact) mass is 182 g/mol. The SMILES string of the molecule is COC(=O)C1CC2(CC(C=O)C2)C1. The molecule has 72 valence electrons. The number of hydrogen-bond donors (Lipinski definition) is 0. The second-order valence-electron chi connectivity index (χ2n) is 4.43. The predicted octanol–water partition coefficient (Wildman–Crippen LogP) is 1.16. The largest absolute Gasteiger partial charge is 0.469 e. The molecule has 1 spiro atoms. The highest BCUT2D eigenvalue weighted by Gasteiger charge is 2.54. The third kappa shape index (κ3) is 1.26. The van der Waals surface area contributed by atoms with Crippen LogP contribution in [0.4, 0.5) is 0 Å². The van der Waals surface area contributed by atoms with Crippen molar-refractivity contribution in [2.24, 2.45) is 17.3 Å². The van der Waals surface area contributed by atoms with E-state index < -0.39 is 0 Å². The fourth-order valence-electron chi connectivity index (χ4n) is 2.80. The van der Waals surface area contributed by atoms with Crippen molar-refractivity contribution in [3.63, 3.8) is 0 Å². The Morgan fingerprint density at radius 1 is 1.38 bits per heavy atom. The summed E-state index contributed by atoms with van der Waals surface area (Å²) in [6.45, 7) is 0. The third-order valence-corrected chi connectivity index (χ3v) is 3.48. The van der Waals surface area contributed by atoms with Crippen molar-refractivity contribution in [3.8, 4) is 0 Å². The van der Waals surface area contributed by atoms with Gasteiger partial charge in [0.1, 0.15) is 6.29 Å². The highest BCUT2D eigenvalue weighted by molar-refractivity contribution is 5.74. The van der Waals surface area contributed by atoms with Crippen LogP contribution in [0.2, 0.25) is 0 Å². The maximum Gasteiger partial charge on any atom is 0.308 e. The van der Waals surface area contributed by atoms with Gasteiger partial charge in [-0.1, -0.05) is 0 Å². The molecule has 0 aromatic heterocycles. The number of carbonyl (C=O) groups is 2. The summed E-state index contributed by atoms with van der Waals surface area (Å²) in [5, 5.41) is 0. The van der Waals surface area contributed by atoms with E-state index in [0.717, 1.165) is 32.0 Å². The van der Waals surface area contributed by atoms with Gasteiger partial charge < -0.3 is 9.53 Å². The Labute approximate surface area is 77.4 Å². The molecular weight excluding hydrogens is 168 g/mol. The second-order valence-corrected chi connectivity index (χ2v) is 4.43. The quantitative estimate of drug-likeness (QED) is 0.475. The van der Waals surface area contributed by atoms with E-state index in [2.05, 4.69) is 4.74 Å². The first-order valence-corrected chi connectivity index (χ1v) is 4.72. The lowest BCUT2D eigenvalue weighted by Gasteiger charge is -2.55. The highest BCUT2D eigenvalue weighted by Crippen LogP contribution is 2.60. The lowest BCUT2D eigenvalue weighted by atomic mass is 9.48. The van der Waals surface area contributed by atoms with Gasteiger partial charge in [-0.3, -0.25) is 4.79 Å². The van der Waals surface area contributed by atoms with Gasteiger partial charge in [0.05, 0.1) is 13.0 Å². The van der Waals surface area contributed by atoms with Crippen molar-refractivity contribution in [3.05, 3.63) is 0 Å². The van der Waals surface area contributed by atoms with Crippen molar-refractivity contribution in [1.82, 2.24) is 0 Å². The van der Waals surface area contributed by atoms with Crippen LogP contribution in [0.25, 0.3) is 0 Å². The maximum atomic E-state index is 11.1. The Morgan fingerprint density at radius 2 is 2.00 bits per heavy atom. The number of ether oxygens (including phenoxy) is 1. The molecule has 0 N–H and O–H groups in total. The van der Waals surface area contributed by atoms with E-state index in [1.165, 1.54) is 7.11 Å². The van der Waals surface area contributed by atoms with Gasteiger partial charge in [-0.15, -0.1) is 0 Å². The van der Waals surface area contributed by atoms with Gasteiger partial charge in [-0.2, -0.15) is 0 Å². The van der Waals surface area contributed by atoms with Crippen LogP contribution in [0.5, 0.6) is 0 Å². The van der Waals surface area contributed by atoms with Crippen LogP contribution in [-0.2, 0) is 14.3 Å². The lowest BCUT2D eigenvalue weighted by molar-refractivity contribution is -0.161. The molecule has 0 aromatic rings. The Bertz CT molecular complexity index is 233. The summed E-state index contributed by atoms with van der Waals surface area (Å²) in [5.74, 6) is 0.288. The minimum atomic E-state index is -0.0832. The number of esters is 1. The average molecular weight is 182 g/mol. The molecule has 2 aliphatic rings. The Balaban J connectivity index is 1.79. The Kier molecular flexibility index (Phi) is 1.90. The molecule has 3 nitrogen and oxygen atoms in total. The molecule has 2 aliphatic carbocycles. The number of methoxy groups -OCH3 is 1. The summed E-state index contributed by atoms with van der Waals surface area (Å²) in [4.78, 5) is 21.5. The van der Waals surface area contributed by atoms with Gasteiger partial charge in [0, 0.05) is 5.92 Å². The van der Waals surface area contributed by atoms with Crippen molar-refractivity contribution >= 4 is 12.3 Å². The number of carbonyl (C=O) groups excluding carboxylic acids is 2. The van der Waals surface area contributed by atoms with Crippen molar-refractivity contribution in [2.75, 3.05) is 7.11 Å². The average Bonchev–Trinajstić information content (AvgIpc) is 1.99. The molecule has 2 rings (SSSR count). The van der Waals surface area contributed by atoms with Gasteiger partial charge in [-0.25, -0.2) is 0 Å². The van der Waals surface area contributed by atoms with Crippen molar-refractivity contribution in [1.29, 1.82) is 0 Å². The zero-order chi connectivity index (χ0) is 9.47. The fourth-order valence-corrected chi connectivity index (χ4v) is 2.80. The van der Waals surface area contributed by atoms with Gasteiger partial charge in [0.2, 0.25) is 0 Å². The molecule has 13 heavy (non-hydrogen) atoms. The second kappa shape index (κ2) is 2.82. The zero-order valence-corrected chi connectivity index (χ0v) is 7.79. The van der Waals surface area contributed by atoms with Gasteiger partial charge in [0.15, 0.2) is 0 Å². The molecule has 0 heterocycles. The number of hydrogen-bond acceptors (Lipinski definition) is 3. The zero-order valence-electron chi connectivity index (χ0n) is 7.79. The molecule has 0 radical (unpaired) electrons. The first-order chi connectivity index (χ1) is 6.19. The summed E-state index contributed by atoms with van der Waals surface area (Å²) in [5.41, 5.74) is 0.338. The summed E-state index contributed by atoms with van der Waals surface area (Å²) >= 11 is 0. The van der Waals surface area contributed by atoms with Crippen molar-refractivity contribution in [2.45, 2.75) is 25.7 Å². The van der Waals surface area contributed by atoms with Crippen LogP contribution in [0, 0.1) is 17.3 Å². The van der Waals surface area contributed by atoms with E-state index in [1.807, 2.05) is 0 Å². The first-order valence-electron chi connectivity index (χ1n) is 4.72. The van der Waals surface area contributed by atoms with Gasteiger partial charge >= 0.3 is 5.97 Å². The van der Waals surface area contributed by atoms with E-state index in [9.17, 15) is 9.59 Å². The molecule has 0 bridgehead atoms. The van der Waals surface area contributed by atoms with E-state index in [4.69, 9.17) is 0 Å². The van der Waals surface area contributed by atoms with Crippen molar-refractivity contribution < 1.29 is 14.3 Å². The molecule has 3 heteroatoms. The number of aldehydes is 1. The van der Waals surface area contributed by atoms with E-state index in [-0.39, 0.29) is 17.8 Å². The maximum absolute atomic E-state index is 11.1. The smallest absolute Gasteiger partial charge is 0.308 e. The first kappa shape index (κ1) is 8.73. The standard InChI is InChI=1S/C10H14O3/c1-13-9(12)8-4-10(5-8)2-7(3-10)6-11/h6-8H,2-5H2,1H3. The molecule has 2 saturated carbocycles. The topological polar surface area (TPSA) is 43.4 Å². The summed E-state index contributed by atoms with van der Waals surface area (Å²) in [6.07, 6.45) is 4.89. The van der Waals surface area contributed by atoms with Crippen LogP contribution in [0.15, 0.2) is 0 Å². The molecule has 0 atom stereocenters. The summed E-state index contributed by atoms with van der Waals surface area (Å²) in [6, 6.07) is 0. The van der Waals surface area contributed by atoms with Crippen LogP contribution in [0.1, 0.15) is 25.7 Å². The Morgan fingerprint density at radius 3 is 2.46 bits per heavy atom. The third-order valence-electron chi connectivity index (χ3n) is 3.48. The molecule has 0 amide bonds. The van der Waals surface area contributed by atoms with E-state index in [0.29, 0.717) is 5.41 Å². The molecule has 0 aliphatic heterocycles. The molecule has 0 aromatic carbocycles. The van der Waals surface area contributed by atoms with Crippen LogP contribution in [0.3, 0.4) is 0 Å². The highest BCUT2D eigenvalue weighted by atomic mass is 16.5. The molecule has 2 fully saturated rings. The van der Waals surface area contributed by atoms with Gasteiger partial charge in [0.25, 0.3) is 0 Å². The molecule has 0 saturated heterocycles. The van der Waals surface area contributed by atoms with Crippen LogP contribution < -0.4 is 0 Å². The molecular formula is C10H14O3. The van der Waals surface area contributed by atoms with E-state index in [1.54, 1.807) is 0 Å². The minimum Gasteiger partial charge on any atom is -0.469 e. The van der Waals surface area contributed by atoms with Crippen LogP contribution in [-0.4, -0.2) is 19.4 Å². The number of rotatable bonds is 2.